The van der Waals surface area contributed by atoms with Crippen LogP contribution in [-0.2, 0) is 17.6 Å². The van der Waals surface area contributed by atoms with Crippen LogP contribution in [0.3, 0.4) is 0 Å². The van der Waals surface area contributed by atoms with Crippen LogP contribution in [0.15, 0.2) is 18.2 Å². The van der Waals surface area contributed by atoms with Crippen molar-refractivity contribution in [3.05, 3.63) is 29.3 Å². The van der Waals surface area contributed by atoms with E-state index in [1.807, 2.05) is 0 Å². The van der Waals surface area contributed by atoms with E-state index in [4.69, 9.17) is 5.11 Å². The van der Waals surface area contributed by atoms with Gasteiger partial charge < -0.3 is 10.4 Å². The van der Waals surface area contributed by atoms with Crippen molar-refractivity contribution >= 4 is 11.7 Å². The maximum Gasteiger partial charge on any atom is 0.311 e. The van der Waals surface area contributed by atoms with Crippen LogP contribution in [0, 0.1) is 5.41 Å². The van der Waals surface area contributed by atoms with Crippen LogP contribution >= 0.6 is 0 Å². The number of aryl methyl sites for hydroxylation is 2. The standard InChI is InChI=1S/C15H19NO2/c17-14(18)15(7-8-15)10-16-13-6-5-11-3-1-2-4-12(11)9-13/h5-6,9,16H,1-4,7-8,10H2,(H,17,18). The molecule has 18 heavy (non-hydrogen) atoms. The van der Waals surface area contributed by atoms with E-state index in [-0.39, 0.29) is 0 Å². The molecule has 0 amide bonds. The Kier molecular flexibility index (Phi) is 2.77. The molecule has 0 heterocycles. The number of fused-ring (bicyclic) bond motifs is 1. The highest BCUT2D eigenvalue weighted by atomic mass is 16.4. The van der Waals surface area contributed by atoms with Gasteiger partial charge in [0.25, 0.3) is 0 Å². The zero-order valence-corrected chi connectivity index (χ0v) is 10.5. The number of hydrogen-bond donors (Lipinski definition) is 2. The van der Waals surface area contributed by atoms with Crippen LogP contribution in [0.1, 0.15) is 36.8 Å². The summed E-state index contributed by atoms with van der Waals surface area (Å²) in [6, 6.07) is 6.48. The van der Waals surface area contributed by atoms with E-state index in [1.54, 1.807) is 0 Å². The molecule has 0 radical (unpaired) electrons. The van der Waals surface area contributed by atoms with Crippen LogP contribution in [-0.4, -0.2) is 17.6 Å². The number of carbonyl (C=O) groups is 1. The summed E-state index contributed by atoms with van der Waals surface area (Å²) in [7, 11) is 0. The first-order chi connectivity index (χ1) is 8.70. The van der Waals surface area contributed by atoms with Crippen molar-refractivity contribution in [1.82, 2.24) is 0 Å². The number of benzene rings is 1. The van der Waals surface area contributed by atoms with Crippen molar-refractivity contribution in [1.29, 1.82) is 0 Å². The molecule has 1 saturated carbocycles. The summed E-state index contributed by atoms with van der Waals surface area (Å²) < 4.78 is 0. The number of nitrogens with one attached hydrogen (secondary N) is 1. The highest BCUT2D eigenvalue weighted by Crippen LogP contribution is 2.45. The van der Waals surface area contributed by atoms with Gasteiger partial charge in [-0.15, -0.1) is 0 Å². The average Bonchev–Trinajstić information content (AvgIpc) is 3.17. The predicted molar refractivity (Wildman–Crippen MR) is 70.9 cm³/mol. The van der Waals surface area contributed by atoms with Crippen LogP contribution in [0.4, 0.5) is 5.69 Å². The first kappa shape index (κ1) is 11.6. The minimum atomic E-state index is -0.659. The number of carboxylic acids is 1. The Morgan fingerprint density at radius 1 is 1.22 bits per heavy atom. The largest absolute Gasteiger partial charge is 0.481 e. The zero-order valence-electron chi connectivity index (χ0n) is 10.5. The molecule has 0 saturated heterocycles. The Morgan fingerprint density at radius 3 is 2.61 bits per heavy atom. The fourth-order valence-electron chi connectivity index (χ4n) is 2.73. The van der Waals surface area contributed by atoms with E-state index in [0.717, 1.165) is 24.9 Å². The van der Waals surface area contributed by atoms with Crippen molar-refractivity contribution in [2.45, 2.75) is 38.5 Å². The summed E-state index contributed by atoms with van der Waals surface area (Å²) in [6.07, 6.45) is 6.53. The van der Waals surface area contributed by atoms with E-state index >= 15 is 0 Å². The highest BCUT2D eigenvalue weighted by molar-refractivity contribution is 5.78. The number of carboxylic acid groups (broad SMARTS) is 1. The summed E-state index contributed by atoms with van der Waals surface area (Å²) in [5.74, 6) is -0.659. The molecule has 0 aliphatic heterocycles. The molecule has 0 unspecified atom stereocenters. The normalized spacial score (nSPS) is 20.0. The molecule has 96 valence electrons. The summed E-state index contributed by atoms with van der Waals surface area (Å²) >= 11 is 0. The molecule has 1 aromatic rings. The van der Waals surface area contributed by atoms with Gasteiger partial charge in [0.1, 0.15) is 0 Å². The van der Waals surface area contributed by atoms with E-state index < -0.39 is 11.4 Å². The van der Waals surface area contributed by atoms with Gasteiger partial charge in [0.15, 0.2) is 0 Å². The molecule has 0 aromatic heterocycles. The minimum Gasteiger partial charge on any atom is -0.481 e. The van der Waals surface area contributed by atoms with Crippen LogP contribution in [0.5, 0.6) is 0 Å². The molecule has 2 aliphatic carbocycles. The summed E-state index contributed by atoms with van der Waals surface area (Å²) in [5.41, 5.74) is 3.48. The second-order valence-electron chi connectivity index (χ2n) is 5.63. The lowest BCUT2D eigenvalue weighted by molar-refractivity contribution is -0.142. The van der Waals surface area contributed by atoms with E-state index in [0.29, 0.717) is 6.54 Å². The number of aliphatic carboxylic acids is 1. The van der Waals surface area contributed by atoms with Crippen LogP contribution in [0.25, 0.3) is 0 Å². The van der Waals surface area contributed by atoms with Gasteiger partial charge in [-0.3, -0.25) is 4.79 Å². The van der Waals surface area contributed by atoms with Gasteiger partial charge in [-0.1, -0.05) is 6.07 Å². The summed E-state index contributed by atoms with van der Waals surface area (Å²) in [4.78, 5) is 11.1. The second kappa shape index (κ2) is 4.30. The monoisotopic (exact) mass is 245 g/mol. The van der Waals surface area contributed by atoms with E-state index in [1.165, 1.54) is 30.4 Å². The van der Waals surface area contributed by atoms with Crippen molar-refractivity contribution in [3.8, 4) is 0 Å². The van der Waals surface area contributed by atoms with Gasteiger partial charge in [-0.2, -0.15) is 0 Å². The molecular formula is C15H19NO2. The fourth-order valence-corrected chi connectivity index (χ4v) is 2.73. The molecular weight excluding hydrogens is 226 g/mol. The Labute approximate surface area is 107 Å². The van der Waals surface area contributed by atoms with Crippen molar-refractivity contribution in [2.24, 2.45) is 5.41 Å². The van der Waals surface area contributed by atoms with Crippen LogP contribution in [0.2, 0.25) is 0 Å². The van der Waals surface area contributed by atoms with Crippen LogP contribution < -0.4 is 5.32 Å². The molecule has 2 N–H and O–H groups in total. The Hall–Kier alpha value is -1.51. The Balaban J connectivity index is 1.68. The minimum absolute atomic E-state index is 0.490. The predicted octanol–water partition coefficient (Wildman–Crippen LogP) is 2.84. The molecule has 0 spiro atoms. The van der Waals surface area contributed by atoms with E-state index in [9.17, 15) is 4.79 Å². The first-order valence-corrected chi connectivity index (χ1v) is 6.79. The zero-order chi connectivity index (χ0) is 12.6. The molecule has 0 atom stereocenters. The topological polar surface area (TPSA) is 49.3 Å². The molecule has 2 aliphatic rings. The third-order valence-corrected chi connectivity index (χ3v) is 4.29. The quantitative estimate of drug-likeness (QED) is 0.857. The lowest BCUT2D eigenvalue weighted by Gasteiger charge is -2.18. The lowest BCUT2D eigenvalue weighted by atomic mass is 9.91. The lowest BCUT2D eigenvalue weighted by Crippen LogP contribution is -2.24. The maximum atomic E-state index is 11.1. The van der Waals surface area contributed by atoms with Gasteiger partial charge in [-0.25, -0.2) is 0 Å². The van der Waals surface area contributed by atoms with Crippen molar-refractivity contribution in [2.75, 3.05) is 11.9 Å². The fraction of sp³-hybridized carbons (Fsp3) is 0.533. The summed E-state index contributed by atoms with van der Waals surface area (Å²) in [5, 5.41) is 12.4. The number of rotatable bonds is 4. The average molecular weight is 245 g/mol. The Bertz CT molecular complexity index is 477. The smallest absolute Gasteiger partial charge is 0.311 e. The van der Waals surface area contributed by atoms with Crippen molar-refractivity contribution in [3.63, 3.8) is 0 Å². The molecule has 3 rings (SSSR count). The first-order valence-electron chi connectivity index (χ1n) is 6.79. The van der Waals surface area contributed by atoms with Gasteiger partial charge >= 0.3 is 5.97 Å². The van der Waals surface area contributed by atoms with Crippen molar-refractivity contribution < 1.29 is 9.90 Å². The molecule has 0 bridgehead atoms. The summed E-state index contributed by atoms with van der Waals surface area (Å²) in [6.45, 7) is 0.557. The second-order valence-corrected chi connectivity index (χ2v) is 5.63. The van der Waals surface area contributed by atoms with E-state index in [2.05, 4.69) is 23.5 Å². The number of hydrogen-bond acceptors (Lipinski definition) is 2. The highest BCUT2D eigenvalue weighted by Gasteiger charge is 2.49. The maximum absolute atomic E-state index is 11.1. The molecule has 1 fully saturated rings. The molecule has 3 nitrogen and oxygen atoms in total. The SMILES string of the molecule is O=C(O)C1(CNc2ccc3c(c2)CCCC3)CC1. The number of anilines is 1. The molecule has 1 aromatic carbocycles. The van der Waals surface area contributed by atoms with Gasteiger partial charge in [-0.05, 0) is 61.8 Å². The third kappa shape index (κ3) is 2.09. The third-order valence-electron chi connectivity index (χ3n) is 4.29. The van der Waals surface area contributed by atoms with Gasteiger partial charge in [0, 0.05) is 12.2 Å². The van der Waals surface area contributed by atoms with Gasteiger partial charge in [0.05, 0.1) is 5.41 Å². The Morgan fingerprint density at radius 2 is 1.94 bits per heavy atom. The van der Waals surface area contributed by atoms with Gasteiger partial charge in [0.2, 0.25) is 0 Å². The molecule has 3 heteroatoms.